The standard InChI is InChI=1S/C15H19N7/c1-17-13-11-8-19-22(2)14(11)21-15(20-13)18-9-12(16)10-6-4-3-5-7-10/h3-8,12H,9,16H2,1-2H3,(H2,17,18,20,21). The summed E-state index contributed by atoms with van der Waals surface area (Å²) in [5.41, 5.74) is 8.03. The second-order valence-electron chi connectivity index (χ2n) is 5.05. The molecule has 3 aromatic rings. The number of hydrogen-bond acceptors (Lipinski definition) is 6. The van der Waals surface area contributed by atoms with Crippen LogP contribution in [-0.2, 0) is 7.05 Å². The number of rotatable bonds is 5. The molecule has 2 aromatic heterocycles. The third-order valence-electron chi connectivity index (χ3n) is 3.54. The number of hydrogen-bond donors (Lipinski definition) is 3. The first kappa shape index (κ1) is 14.3. The summed E-state index contributed by atoms with van der Waals surface area (Å²) in [6, 6.07) is 9.83. The van der Waals surface area contributed by atoms with Crippen molar-refractivity contribution in [2.45, 2.75) is 6.04 Å². The average Bonchev–Trinajstić information content (AvgIpc) is 2.94. The van der Waals surface area contributed by atoms with Gasteiger partial charge in [0.25, 0.3) is 0 Å². The van der Waals surface area contributed by atoms with E-state index in [9.17, 15) is 0 Å². The van der Waals surface area contributed by atoms with Gasteiger partial charge in [-0.1, -0.05) is 30.3 Å². The van der Waals surface area contributed by atoms with Crippen LogP contribution in [0.15, 0.2) is 36.5 Å². The van der Waals surface area contributed by atoms with Crippen LogP contribution in [0, 0.1) is 0 Å². The Hall–Kier alpha value is -2.67. The van der Waals surface area contributed by atoms with E-state index >= 15 is 0 Å². The molecule has 22 heavy (non-hydrogen) atoms. The Morgan fingerprint density at radius 2 is 2.00 bits per heavy atom. The van der Waals surface area contributed by atoms with Gasteiger partial charge in [-0.3, -0.25) is 4.68 Å². The van der Waals surface area contributed by atoms with E-state index in [0.717, 1.165) is 22.4 Å². The van der Waals surface area contributed by atoms with Crippen molar-refractivity contribution in [2.24, 2.45) is 12.8 Å². The van der Waals surface area contributed by atoms with Gasteiger partial charge in [-0.15, -0.1) is 0 Å². The van der Waals surface area contributed by atoms with Gasteiger partial charge in [0.2, 0.25) is 5.95 Å². The Morgan fingerprint density at radius 1 is 1.23 bits per heavy atom. The molecule has 0 spiro atoms. The normalized spacial score (nSPS) is 12.3. The van der Waals surface area contributed by atoms with Gasteiger partial charge in [0.15, 0.2) is 5.65 Å². The van der Waals surface area contributed by atoms with Crippen molar-refractivity contribution in [2.75, 3.05) is 24.2 Å². The molecule has 0 bridgehead atoms. The van der Waals surface area contributed by atoms with E-state index in [4.69, 9.17) is 5.73 Å². The van der Waals surface area contributed by atoms with E-state index in [2.05, 4.69) is 25.7 Å². The average molecular weight is 297 g/mol. The summed E-state index contributed by atoms with van der Waals surface area (Å²) in [5.74, 6) is 1.28. The zero-order valence-corrected chi connectivity index (χ0v) is 12.6. The van der Waals surface area contributed by atoms with Crippen molar-refractivity contribution in [3.8, 4) is 0 Å². The number of anilines is 2. The maximum Gasteiger partial charge on any atom is 0.226 e. The van der Waals surface area contributed by atoms with Crippen molar-refractivity contribution in [1.82, 2.24) is 19.7 Å². The molecule has 0 fully saturated rings. The number of nitrogens with two attached hydrogens (primary N) is 1. The lowest BCUT2D eigenvalue weighted by Gasteiger charge is -2.13. The van der Waals surface area contributed by atoms with E-state index in [1.54, 1.807) is 10.9 Å². The van der Waals surface area contributed by atoms with E-state index in [0.29, 0.717) is 12.5 Å². The number of nitrogens with one attached hydrogen (secondary N) is 2. The molecule has 2 heterocycles. The first-order valence-corrected chi connectivity index (χ1v) is 7.11. The highest BCUT2D eigenvalue weighted by Gasteiger charge is 2.11. The molecule has 0 saturated carbocycles. The van der Waals surface area contributed by atoms with Crippen molar-refractivity contribution in [3.05, 3.63) is 42.1 Å². The largest absolute Gasteiger partial charge is 0.372 e. The molecule has 0 saturated heterocycles. The fraction of sp³-hybridized carbons (Fsp3) is 0.267. The number of nitrogens with zero attached hydrogens (tertiary/aromatic N) is 4. The van der Waals surface area contributed by atoms with Gasteiger partial charge >= 0.3 is 0 Å². The molecule has 114 valence electrons. The Balaban J connectivity index is 1.80. The molecule has 7 heteroatoms. The summed E-state index contributed by atoms with van der Waals surface area (Å²) < 4.78 is 1.72. The molecule has 3 rings (SSSR count). The molecular formula is C15H19N7. The number of aromatic nitrogens is 4. The topological polar surface area (TPSA) is 93.7 Å². The molecule has 0 radical (unpaired) electrons. The van der Waals surface area contributed by atoms with Crippen molar-refractivity contribution < 1.29 is 0 Å². The molecular weight excluding hydrogens is 278 g/mol. The number of aryl methyl sites for hydroxylation is 1. The zero-order chi connectivity index (χ0) is 15.5. The summed E-state index contributed by atoms with van der Waals surface area (Å²) >= 11 is 0. The van der Waals surface area contributed by atoms with E-state index < -0.39 is 0 Å². The Kier molecular flexibility index (Phi) is 3.88. The van der Waals surface area contributed by atoms with Gasteiger partial charge in [0.05, 0.1) is 11.6 Å². The number of fused-ring (bicyclic) bond motifs is 1. The van der Waals surface area contributed by atoms with Gasteiger partial charge in [0.1, 0.15) is 5.82 Å². The van der Waals surface area contributed by atoms with Crippen LogP contribution < -0.4 is 16.4 Å². The van der Waals surface area contributed by atoms with E-state index in [1.807, 2.05) is 44.4 Å². The Morgan fingerprint density at radius 3 is 2.73 bits per heavy atom. The Labute approximate surface area is 128 Å². The summed E-state index contributed by atoms with van der Waals surface area (Å²) in [6.07, 6.45) is 1.75. The third-order valence-corrected chi connectivity index (χ3v) is 3.54. The first-order valence-electron chi connectivity index (χ1n) is 7.11. The van der Waals surface area contributed by atoms with Gasteiger partial charge < -0.3 is 16.4 Å². The molecule has 1 unspecified atom stereocenters. The lowest BCUT2D eigenvalue weighted by molar-refractivity contribution is 0.756. The predicted octanol–water partition coefficient (Wildman–Crippen LogP) is 1.52. The molecule has 1 atom stereocenters. The SMILES string of the molecule is CNc1nc(NCC(N)c2ccccc2)nc2c1cnn2C. The minimum atomic E-state index is -0.120. The van der Waals surface area contributed by atoms with Crippen LogP contribution in [-0.4, -0.2) is 33.3 Å². The second kappa shape index (κ2) is 5.98. The summed E-state index contributed by atoms with van der Waals surface area (Å²) in [5, 5.41) is 11.4. The molecule has 4 N–H and O–H groups in total. The zero-order valence-electron chi connectivity index (χ0n) is 12.6. The summed E-state index contributed by atoms with van der Waals surface area (Å²) in [4.78, 5) is 8.95. The minimum Gasteiger partial charge on any atom is -0.372 e. The third kappa shape index (κ3) is 2.71. The predicted molar refractivity (Wildman–Crippen MR) is 87.7 cm³/mol. The van der Waals surface area contributed by atoms with E-state index in [1.165, 1.54) is 0 Å². The van der Waals surface area contributed by atoms with Gasteiger partial charge in [0, 0.05) is 26.7 Å². The lowest BCUT2D eigenvalue weighted by Crippen LogP contribution is -2.21. The highest BCUT2D eigenvalue weighted by molar-refractivity contribution is 5.87. The maximum absolute atomic E-state index is 6.18. The fourth-order valence-corrected chi connectivity index (χ4v) is 2.31. The van der Waals surface area contributed by atoms with Crippen LogP contribution in [0.1, 0.15) is 11.6 Å². The first-order chi connectivity index (χ1) is 10.7. The highest BCUT2D eigenvalue weighted by atomic mass is 15.3. The summed E-state index contributed by atoms with van der Waals surface area (Å²) in [6.45, 7) is 0.552. The lowest BCUT2D eigenvalue weighted by atomic mass is 10.1. The van der Waals surface area contributed by atoms with Gasteiger partial charge in [-0.25, -0.2) is 0 Å². The van der Waals surface area contributed by atoms with Crippen LogP contribution in [0.4, 0.5) is 11.8 Å². The molecule has 0 amide bonds. The Bertz CT molecular complexity index is 766. The van der Waals surface area contributed by atoms with Crippen molar-refractivity contribution >= 4 is 22.8 Å². The highest BCUT2D eigenvalue weighted by Crippen LogP contribution is 2.21. The van der Waals surface area contributed by atoms with Crippen LogP contribution in [0.2, 0.25) is 0 Å². The molecule has 1 aromatic carbocycles. The molecule has 0 aliphatic carbocycles. The fourth-order valence-electron chi connectivity index (χ4n) is 2.31. The van der Waals surface area contributed by atoms with Crippen LogP contribution >= 0.6 is 0 Å². The van der Waals surface area contributed by atoms with Crippen LogP contribution in [0.5, 0.6) is 0 Å². The van der Waals surface area contributed by atoms with Gasteiger partial charge in [-0.2, -0.15) is 15.1 Å². The summed E-state index contributed by atoms with van der Waals surface area (Å²) in [7, 11) is 3.68. The maximum atomic E-state index is 6.18. The van der Waals surface area contributed by atoms with Crippen molar-refractivity contribution in [1.29, 1.82) is 0 Å². The minimum absolute atomic E-state index is 0.120. The van der Waals surface area contributed by atoms with Crippen LogP contribution in [0.3, 0.4) is 0 Å². The molecule has 7 nitrogen and oxygen atoms in total. The molecule has 0 aliphatic rings. The molecule has 0 aliphatic heterocycles. The number of benzene rings is 1. The quantitative estimate of drug-likeness (QED) is 0.661. The van der Waals surface area contributed by atoms with Gasteiger partial charge in [-0.05, 0) is 5.56 Å². The second-order valence-corrected chi connectivity index (χ2v) is 5.05. The van der Waals surface area contributed by atoms with E-state index in [-0.39, 0.29) is 6.04 Å². The van der Waals surface area contributed by atoms with Crippen LogP contribution in [0.25, 0.3) is 11.0 Å². The smallest absolute Gasteiger partial charge is 0.226 e. The van der Waals surface area contributed by atoms with Crippen molar-refractivity contribution in [3.63, 3.8) is 0 Å². The monoisotopic (exact) mass is 297 g/mol.